The lowest BCUT2D eigenvalue weighted by molar-refractivity contribution is -0.125. The van der Waals surface area contributed by atoms with Crippen LogP contribution in [0.5, 0.6) is 0 Å². The monoisotopic (exact) mass is 237 g/mol. The minimum Gasteiger partial charge on any atom is -0.355 e. The van der Waals surface area contributed by atoms with Crippen LogP contribution in [0.25, 0.3) is 0 Å². The van der Waals surface area contributed by atoms with Gasteiger partial charge in [0.2, 0.25) is 11.8 Å². The Labute approximate surface area is 101 Å². The normalized spacial score (nSPS) is 17.0. The highest BCUT2D eigenvalue weighted by molar-refractivity contribution is 5.78. The number of hydrogen-bond acceptors (Lipinski definition) is 4. The van der Waals surface area contributed by atoms with Gasteiger partial charge in [-0.15, -0.1) is 0 Å². The van der Waals surface area contributed by atoms with Gasteiger partial charge in [0.15, 0.2) is 5.82 Å². The van der Waals surface area contributed by atoms with Crippen LogP contribution >= 0.6 is 0 Å². The van der Waals surface area contributed by atoms with Gasteiger partial charge in [-0.25, -0.2) is 0 Å². The van der Waals surface area contributed by atoms with E-state index in [1.165, 1.54) is 19.3 Å². The van der Waals surface area contributed by atoms with Gasteiger partial charge >= 0.3 is 0 Å². The number of hydrogen-bond donors (Lipinski definition) is 1. The van der Waals surface area contributed by atoms with Crippen LogP contribution in [0.2, 0.25) is 0 Å². The first-order chi connectivity index (χ1) is 8.25. The Bertz CT molecular complexity index is 370. The molecule has 1 N–H and O–H groups in total. The molecule has 1 aromatic rings. The summed E-state index contributed by atoms with van der Waals surface area (Å²) in [7, 11) is 0. The summed E-state index contributed by atoms with van der Waals surface area (Å²) in [5.41, 5.74) is 0. The zero-order valence-corrected chi connectivity index (χ0v) is 10.2. The van der Waals surface area contributed by atoms with Crippen LogP contribution in [0, 0.1) is 12.8 Å². The smallest absolute Gasteiger partial charge is 0.223 e. The number of aromatic nitrogens is 2. The Morgan fingerprint density at radius 3 is 2.82 bits per heavy atom. The first kappa shape index (κ1) is 12.1. The van der Waals surface area contributed by atoms with Crippen molar-refractivity contribution in [3.63, 3.8) is 0 Å². The van der Waals surface area contributed by atoms with E-state index in [-0.39, 0.29) is 11.8 Å². The molecule has 17 heavy (non-hydrogen) atoms. The van der Waals surface area contributed by atoms with Gasteiger partial charge in [0.1, 0.15) is 0 Å². The number of carbonyl (C=O) groups is 1. The first-order valence-electron chi connectivity index (χ1n) is 6.32. The van der Waals surface area contributed by atoms with Crippen molar-refractivity contribution in [3.8, 4) is 0 Å². The molecule has 0 atom stereocenters. The molecule has 1 fully saturated rings. The predicted octanol–water partition coefficient (Wildman–Crippen LogP) is 1.62. The second-order valence-corrected chi connectivity index (χ2v) is 4.61. The summed E-state index contributed by atoms with van der Waals surface area (Å²) >= 11 is 0. The third-order valence-corrected chi connectivity index (χ3v) is 3.19. The summed E-state index contributed by atoms with van der Waals surface area (Å²) in [6.07, 6.45) is 6.34. The maximum Gasteiger partial charge on any atom is 0.223 e. The number of nitrogens with one attached hydrogen (secondary N) is 1. The van der Waals surface area contributed by atoms with E-state index >= 15 is 0 Å². The highest BCUT2D eigenvalue weighted by Crippen LogP contribution is 2.23. The topological polar surface area (TPSA) is 68.0 Å². The Morgan fingerprint density at radius 1 is 1.41 bits per heavy atom. The summed E-state index contributed by atoms with van der Waals surface area (Å²) in [5.74, 6) is 1.63. The van der Waals surface area contributed by atoms with Gasteiger partial charge in [-0.1, -0.05) is 24.4 Å². The molecular weight excluding hydrogens is 218 g/mol. The minimum absolute atomic E-state index is 0.185. The number of aryl methyl sites for hydroxylation is 1. The molecule has 1 aromatic heterocycles. The Balaban J connectivity index is 1.69. The summed E-state index contributed by atoms with van der Waals surface area (Å²) in [4.78, 5) is 15.9. The van der Waals surface area contributed by atoms with Crippen molar-refractivity contribution in [2.45, 2.75) is 45.4 Å². The molecule has 0 spiro atoms. The molecule has 5 heteroatoms. The van der Waals surface area contributed by atoms with E-state index < -0.39 is 0 Å². The third-order valence-electron chi connectivity index (χ3n) is 3.19. The van der Waals surface area contributed by atoms with E-state index in [4.69, 9.17) is 4.52 Å². The fraction of sp³-hybridized carbons (Fsp3) is 0.750. The van der Waals surface area contributed by atoms with E-state index in [1.807, 2.05) is 0 Å². The summed E-state index contributed by atoms with van der Waals surface area (Å²) in [5, 5.41) is 6.74. The van der Waals surface area contributed by atoms with Crippen LogP contribution < -0.4 is 5.32 Å². The zero-order chi connectivity index (χ0) is 12.1. The molecule has 0 aromatic carbocycles. The lowest BCUT2D eigenvalue weighted by Gasteiger charge is -2.20. The predicted molar refractivity (Wildman–Crippen MR) is 62.3 cm³/mol. The van der Waals surface area contributed by atoms with Crippen molar-refractivity contribution >= 4 is 5.91 Å². The molecule has 1 heterocycles. The summed E-state index contributed by atoms with van der Waals surface area (Å²) < 4.78 is 4.86. The quantitative estimate of drug-likeness (QED) is 0.864. The maximum absolute atomic E-state index is 11.8. The lowest BCUT2D eigenvalue weighted by atomic mass is 9.89. The molecule has 2 rings (SSSR count). The molecule has 5 nitrogen and oxygen atoms in total. The average molecular weight is 237 g/mol. The first-order valence-corrected chi connectivity index (χ1v) is 6.32. The molecule has 1 amide bonds. The molecule has 0 bridgehead atoms. The lowest BCUT2D eigenvalue weighted by Crippen LogP contribution is -2.33. The standard InChI is InChI=1S/C12H19N3O2/c1-9-14-11(15-17-9)7-8-13-12(16)10-5-3-2-4-6-10/h10H,2-8H2,1H3,(H,13,16). The number of rotatable bonds is 4. The van der Waals surface area contributed by atoms with E-state index in [0.717, 1.165) is 12.8 Å². The van der Waals surface area contributed by atoms with Crippen LogP contribution in [0.4, 0.5) is 0 Å². The van der Waals surface area contributed by atoms with Gasteiger partial charge in [0.05, 0.1) is 0 Å². The van der Waals surface area contributed by atoms with Crippen molar-refractivity contribution in [1.82, 2.24) is 15.5 Å². The summed E-state index contributed by atoms with van der Waals surface area (Å²) in [6.45, 7) is 2.35. The SMILES string of the molecule is Cc1nc(CCNC(=O)C2CCCCC2)no1. The van der Waals surface area contributed by atoms with E-state index in [9.17, 15) is 4.79 Å². The van der Waals surface area contributed by atoms with E-state index in [0.29, 0.717) is 24.7 Å². The molecule has 1 saturated carbocycles. The Hall–Kier alpha value is -1.39. The Kier molecular flexibility index (Phi) is 4.12. The van der Waals surface area contributed by atoms with Crippen LogP contribution in [0.1, 0.15) is 43.8 Å². The van der Waals surface area contributed by atoms with Crippen LogP contribution in [0.3, 0.4) is 0 Å². The van der Waals surface area contributed by atoms with E-state index in [1.54, 1.807) is 6.92 Å². The maximum atomic E-state index is 11.8. The molecule has 94 valence electrons. The largest absolute Gasteiger partial charge is 0.355 e. The van der Waals surface area contributed by atoms with Crippen LogP contribution in [0.15, 0.2) is 4.52 Å². The minimum atomic E-state index is 0.185. The highest BCUT2D eigenvalue weighted by Gasteiger charge is 2.20. The summed E-state index contributed by atoms with van der Waals surface area (Å²) in [6, 6.07) is 0. The van der Waals surface area contributed by atoms with Crippen molar-refractivity contribution in [1.29, 1.82) is 0 Å². The molecule has 0 saturated heterocycles. The van der Waals surface area contributed by atoms with Gasteiger partial charge in [0.25, 0.3) is 0 Å². The molecular formula is C12H19N3O2. The van der Waals surface area contributed by atoms with Crippen LogP contribution in [-0.4, -0.2) is 22.6 Å². The van der Waals surface area contributed by atoms with Gasteiger partial charge in [0, 0.05) is 25.8 Å². The molecule has 0 radical (unpaired) electrons. The average Bonchev–Trinajstić information content (AvgIpc) is 2.76. The van der Waals surface area contributed by atoms with Crippen molar-refractivity contribution in [3.05, 3.63) is 11.7 Å². The van der Waals surface area contributed by atoms with Gasteiger partial charge in [-0.3, -0.25) is 4.79 Å². The van der Waals surface area contributed by atoms with Gasteiger partial charge < -0.3 is 9.84 Å². The third kappa shape index (κ3) is 3.54. The molecule has 0 unspecified atom stereocenters. The Morgan fingerprint density at radius 2 is 2.18 bits per heavy atom. The van der Waals surface area contributed by atoms with Crippen molar-refractivity contribution in [2.24, 2.45) is 5.92 Å². The highest BCUT2D eigenvalue weighted by atomic mass is 16.5. The van der Waals surface area contributed by atoms with Crippen molar-refractivity contribution < 1.29 is 9.32 Å². The molecule has 0 aliphatic heterocycles. The second kappa shape index (κ2) is 5.80. The van der Waals surface area contributed by atoms with Crippen LogP contribution in [-0.2, 0) is 11.2 Å². The number of nitrogens with zero attached hydrogens (tertiary/aromatic N) is 2. The van der Waals surface area contributed by atoms with E-state index in [2.05, 4.69) is 15.5 Å². The molecule has 1 aliphatic carbocycles. The zero-order valence-electron chi connectivity index (χ0n) is 10.2. The fourth-order valence-electron chi connectivity index (χ4n) is 2.25. The van der Waals surface area contributed by atoms with Crippen molar-refractivity contribution in [2.75, 3.05) is 6.54 Å². The number of amides is 1. The second-order valence-electron chi connectivity index (χ2n) is 4.61. The molecule has 1 aliphatic rings. The van der Waals surface area contributed by atoms with Gasteiger partial charge in [-0.2, -0.15) is 4.98 Å². The fourth-order valence-corrected chi connectivity index (χ4v) is 2.25. The number of carbonyl (C=O) groups excluding carboxylic acids is 1. The van der Waals surface area contributed by atoms with Gasteiger partial charge in [-0.05, 0) is 12.8 Å².